The third kappa shape index (κ3) is 4.43. The highest BCUT2D eigenvalue weighted by Gasteiger charge is 2.35. The number of rotatable bonds is 7. The smallest absolute Gasteiger partial charge is 0.155 e. The first-order chi connectivity index (χ1) is 15.6. The number of halogens is 2. The number of benzene rings is 2. The molecule has 1 saturated heterocycles. The van der Waals surface area contributed by atoms with Crippen LogP contribution in [0.15, 0.2) is 55.0 Å². The van der Waals surface area contributed by atoms with E-state index in [-0.39, 0.29) is 12.2 Å². The normalized spacial score (nSPS) is 16.6. The zero-order valence-corrected chi connectivity index (χ0v) is 18.0. The minimum atomic E-state index is -1.31. The summed E-state index contributed by atoms with van der Waals surface area (Å²) >= 11 is 0. The van der Waals surface area contributed by atoms with E-state index >= 15 is 4.39 Å². The second kappa shape index (κ2) is 8.82. The van der Waals surface area contributed by atoms with Crippen LogP contribution in [-0.4, -0.2) is 50.4 Å². The van der Waals surface area contributed by atoms with E-state index in [2.05, 4.69) is 43.4 Å². The Hall–Kier alpha value is -3.06. The number of nitrogens with one attached hydrogen (secondary N) is 2. The van der Waals surface area contributed by atoms with E-state index in [1.54, 1.807) is 18.2 Å². The molecule has 32 heavy (non-hydrogen) atoms. The van der Waals surface area contributed by atoms with Gasteiger partial charge in [0.25, 0.3) is 0 Å². The number of aryl methyl sites for hydroxylation is 1. The molecule has 7 heteroatoms. The van der Waals surface area contributed by atoms with Crippen molar-refractivity contribution in [3.8, 4) is 11.4 Å². The maximum Gasteiger partial charge on any atom is 0.155 e. The second-order valence-electron chi connectivity index (χ2n) is 8.77. The number of piperidine rings is 1. The van der Waals surface area contributed by atoms with Crippen LogP contribution in [0.5, 0.6) is 0 Å². The van der Waals surface area contributed by atoms with Gasteiger partial charge in [0, 0.05) is 42.2 Å². The number of likely N-dealkylation sites (tertiary alicyclic amines) is 1. The summed E-state index contributed by atoms with van der Waals surface area (Å²) in [7, 11) is 0. The van der Waals surface area contributed by atoms with Crippen molar-refractivity contribution in [3.05, 3.63) is 71.9 Å². The number of H-pyrrole nitrogens is 2. The first-order valence-corrected chi connectivity index (χ1v) is 11.2. The van der Waals surface area contributed by atoms with Gasteiger partial charge in [0.05, 0.1) is 0 Å². The predicted molar refractivity (Wildman–Crippen MR) is 122 cm³/mol. The fourth-order valence-corrected chi connectivity index (χ4v) is 4.71. The minimum absolute atomic E-state index is 0.163. The van der Waals surface area contributed by atoms with Crippen LogP contribution in [-0.2, 0) is 12.8 Å². The van der Waals surface area contributed by atoms with E-state index in [9.17, 15) is 4.39 Å². The van der Waals surface area contributed by atoms with Crippen molar-refractivity contribution in [2.24, 2.45) is 0 Å². The molecule has 1 aliphatic rings. The van der Waals surface area contributed by atoms with Crippen LogP contribution in [0, 0.1) is 5.82 Å². The van der Waals surface area contributed by atoms with Gasteiger partial charge in [-0.25, -0.2) is 13.8 Å². The number of aromatic nitrogens is 4. The molecular weight excluding hydrogens is 408 g/mol. The quantitative estimate of drug-likeness (QED) is 0.426. The van der Waals surface area contributed by atoms with Crippen LogP contribution in [0.3, 0.4) is 0 Å². The minimum Gasteiger partial charge on any atom is -0.361 e. The molecule has 0 radical (unpaired) electrons. The van der Waals surface area contributed by atoms with Crippen molar-refractivity contribution in [2.45, 2.75) is 37.8 Å². The summed E-state index contributed by atoms with van der Waals surface area (Å²) in [6.45, 7) is 2.37. The summed E-state index contributed by atoms with van der Waals surface area (Å²) in [4.78, 5) is 9.91. The first kappa shape index (κ1) is 20.8. The lowest BCUT2D eigenvalue weighted by atomic mass is 9.86. The molecule has 1 aliphatic heterocycles. The van der Waals surface area contributed by atoms with Gasteiger partial charge in [-0.3, -0.25) is 5.10 Å². The van der Waals surface area contributed by atoms with Crippen LogP contribution in [0.25, 0.3) is 22.3 Å². The van der Waals surface area contributed by atoms with Crippen LogP contribution in [0.4, 0.5) is 8.78 Å². The number of hydrogen-bond acceptors (Lipinski definition) is 3. The molecular formula is C25H27F2N5. The van der Waals surface area contributed by atoms with Gasteiger partial charge in [-0.05, 0) is 67.6 Å². The van der Waals surface area contributed by atoms with Gasteiger partial charge in [0.2, 0.25) is 0 Å². The standard InChI is InChI=1S/C25H27F2N5/c26-22-6-2-1-4-19(22)15-25(27)9-12-32(13-10-25)11-3-5-20-16-28-23-8-7-18(14-21(20)23)24-29-17-30-31-24/h1-2,4,6-8,14,16-17,28H,3,5,9-13,15H2,(H,29,30,31). The van der Waals surface area contributed by atoms with Crippen LogP contribution < -0.4 is 0 Å². The Morgan fingerprint density at radius 1 is 1.06 bits per heavy atom. The van der Waals surface area contributed by atoms with Gasteiger partial charge in [0.15, 0.2) is 5.82 Å². The van der Waals surface area contributed by atoms with Gasteiger partial charge in [-0.2, -0.15) is 5.10 Å². The Balaban J connectivity index is 1.15. The van der Waals surface area contributed by atoms with E-state index in [0.29, 0.717) is 31.5 Å². The molecule has 0 bridgehead atoms. The summed E-state index contributed by atoms with van der Waals surface area (Å²) in [5.74, 6) is 0.453. The highest BCUT2D eigenvalue weighted by Crippen LogP contribution is 2.31. The molecule has 166 valence electrons. The van der Waals surface area contributed by atoms with Crippen molar-refractivity contribution in [2.75, 3.05) is 19.6 Å². The van der Waals surface area contributed by atoms with Crippen molar-refractivity contribution >= 4 is 10.9 Å². The van der Waals surface area contributed by atoms with Crippen LogP contribution in [0.2, 0.25) is 0 Å². The third-order valence-electron chi connectivity index (χ3n) is 6.59. The number of fused-ring (bicyclic) bond motifs is 1. The molecule has 2 aromatic carbocycles. The first-order valence-electron chi connectivity index (χ1n) is 11.2. The maximum absolute atomic E-state index is 15.3. The van der Waals surface area contributed by atoms with Crippen molar-refractivity contribution in [3.63, 3.8) is 0 Å². The monoisotopic (exact) mass is 435 g/mol. The lowest BCUT2D eigenvalue weighted by Gasteiger charge is -2.36. The Morgan fingerprint density at radius 3 is 2.69 bits per heavy atom. The second-order valence-corrected chi connectivity index (χ2v) is 8.77. The highest BCUT2D eigenvalue weighted by molar-refractivity contribution is 5.87. The predicted octanol–water partition coefficient (Wildman–Crippen LogP) is 5.07. The molecule has 0 saturated carbocycles. The number of aromatic amines is 2. The third-order valence-corrected chi connectivity index (χ3v) is 6.59. The largest absolute Gasteiger partial charge is 0.361 e. The molecule has 5 rings (SSSR count). The summed E-state index contributed by atoms with van der Waals surface area (Å²) in [6, 6.07) is 12.8. The van der Waals surface area contributed by atoms with Gasteiger partial charge in [-0.1, -0.05) is 18.2 Å². The van der Waals surface area contributed by atoms with Gasteiger partial charge < -0.3 is 9.88 Å². The molecule has 0 amide bonds. The van der Waals surface area contributed by atoms with Crippen LogP contribution in [0.1, 0.15) is 30.4 Å². The van der Waals surface area contributed by atoms with Gasteiger partial charge in [0.1, 0.15) is 17.8 Å². The zero-order chi connectivity index (χ0) is 22.0. The van der Waals surface area contributed by atoms with E-state index < -0.39 is 5.67 Å². The molecule has 0 spiro atoms. The molecule has 4 aromatic rings. The fourth-order valence-electron chi connectivity index (χ4n) is 4.71. The molecule has 2 N–H and O–H groups in total. The van der Waals surface area contributed by atoms with Crippen molar-refractivity contribution < 1.29 is 8.78 Å². The Kier molecular flexibility index (Phi) is 5.74. The van der Waals surface area contributed by atoms with E-state index in [1.165, 1.54) is 23.3 Å². The van der Waals surface area contributed by atoms with Crippen LogP contribution >= 0.6 is 0 Å². The molecule has 0 aliphatic carbocycles. The average Bonchev–Trinajstić information content (AvgIpc) is 3.47. The Bertz CT molecular complexity index is 1180. The average molecular weight is 436 g/mol. The molecule has 2 aromatic heterocycles. The highest BCUT2D eigenvalue weighted by atomic mass is 19.1. The number of alkyl halides is 1. The van der Waals surface area contributed by atoms with Crippen molar-refractivity contribution in [1.82, 2.24) is 25.1 Å². The van der Waals surface area contributed by atoms with E-state index in [1.807, 2.05) is 6.07 Å². The summed E-state index contributed by atoms with van der Waals surface area (Å²) in [6.07, 6.45) is 6.61. The fraction of sp³-hybridized carbons (Fsp3) is 0.360. The molecule has 5 nitrogen and oxygen atoms in total. The lowest BCUT2D eigenvalue weighted by molar-refractivity contribution is 0.0574. The van der Waals surface area contributed by atoms with Gasteiger partial charge in [-0.15, -0.1) is 0 Å². The Labute approximate surface area is 185 Å². The van der Waals surface area contributed by atoms with E-state index in [0.717, 1.165) is 36.3 Å². The topological polar surface area (TPSA) is 60.6 Å². The van der Waals surface area contributed by atoms with Crippen molar-refractivity contribution in [1.29, 1.82) is 0 Å². The summed E-state index contributed by atoms with van der Waals surface area (Å²) in [5, 5.41) is 8.04. The van der Waals surface area contributed by atoms with Gasteiger partial charge >= 0.3 is 0 Å². The molecule has 0 unspecified atom stereocenters. The summed E-state index contributed by atoms with van der Waals surface area (Å²) in [5.41, 5.74) is 2.56. The molecule has 0 atom stereocenters. The summed E-state index contributed by atoms with van der Waals surface area (Å²) < 4.78 is 29.2. The molecule has 1 fully saturated rings. The SMILES string of the molecule is Fc1ccccc1CC1(F)CCN(CCCc2c[nH]c3ccc(-c4ncn[nH]4)cc23)CC1. The number of hydrogen-bond donors (Lipinski definition) is 2. The number of nitrogens with zero attached hydrogens (tertiary/aromatic N) is 3. The Morgan fingerprint density at radius 2 is 1.91 bits per heavy atom. The van der Waals surface area contributed by atoms with E-state index in [4.69, 9.17) is 0 Å². The maximum atomic E-state index is 15.3. The lowest BCUT2D eigenvalue weighted by Crippen LogP contribution is -2.43. The molecule has 3 heterocycles. The zero-order valence-electron chi connectivity index (χ0n) is 18.0.